The molecule has 3 N–H and O–H groups in total. The van der Waals surface area contributed by atoms with E-state index in [0.29, 0.717) is 12.3 Å². The number of rotatable bonds is 6. The molecular weight excluding hydrogens is 366 g/mol. The molecule has 2 aliphatic rings. The second-order valence-corrected chi connectivity index (χ2v) is 8.23. The second kappa shape index (κ2) is 7.48. The van der Waals surface area contributed by atoms with Crippen LogP contribution in [0.4, 0.5) is 0 Å². The zero-order chi connectivity index (χ0) is 19.8. The summed E-state index contributed by atoms with van der Waals surface area (Å²) in [5.74, 6) is 1.45. The molecule has 1 aliphatic carbocycles. The van der Waals surface area contributed by atoms with Crippen LogP contribution in [0.15, 0.2) is 18.5 Å². The lowest BCUT2D eigenvalue weighted by molar-refractivity contribution is -0.123. The summed E-state index contributed by atoms with van der Waals surface area (Å²) in [6.45, 7) is 2.72. The average Bonchev–Trinajstić information content (AvgIpc) is 3.32. The monoisotopic (exact) mass is 391 g/mol. The Balaban J connectivity index is 1.42. The van der Waals surface area contributed by atoms with E-state index in [-0.39, 0.29) is 17.9 Å². The lowest BCUT2D eigenvalue weighted by atomic mass is 9.88. The summed E-state index contributed by atoms with van der Waals surface area (Å²) >= 11 is 0. The van der Waals surface area contributed by atoms with Gasteiger partial charge in [0.1, 0.15) is 17.0 Å². The molecular formula is C21H25N7O. The fourth-order valence-electron chi connectivity index (χ4n) is 4.38. The van der Waals surface area contributed by atoms with Crippen molar-refractivity contribution in [2.75, 3.05) is 19.6 Å². The molecule has 3 aromatic rings. The number of pyridine rings is 1. The van der Waals surface area contributed by atoms with Crippen LogP contribution in [0.25, 0.3) is 22.1 Å². The Hall–Kier alpha value is -2.92. The molecule has 8 nitrogen and oxygen atoms in total. The normalized spacial score (nSPS) is 19.4. The third-order valence-corrected chi connectivity index (χ3v) is 6.24. The van der Waals surface area contributed by atoms with Gasteiger partial charge in [0.25, 0.3) is 0 Å². The molecule has 0 bridgehead atoms. The largest absolute Gasteiger partial charge is 0.346 e. The number of nitrogens with one attached hydrogen (secondary N) is 3. The highest BCUT2D eigenvalue weighted by atomic mass is 16.2. The van der Waals surface area contributed by atoms with Gasteiger partial charge in [-0.3, -0.25) is 4.79 Å². The number of amides is 1. The highest BCUT2D eigenvalue weighted by Gasteiger charge is 2.36. The first kappa shape index (κ1) is 18.1. The first-order chi connectivity index (χ1) is 14.2. The number of fused-ring (bicyclic) bond motifs is 3. The molecule has 8 heteroatoms. The first-order valence-corrected chi connectivity index (χ1v) is 10.4. The fraction of sp³-hybridized carbons (Fsp3) is 0.524. The number of nitrogens with zero attached hydrogens (tertiary/aromatic N) is 4. The maximum absolute atomic E-state index is 12.6. The minimum Gasteiger partial charge on any atom is -0.346 e. The zero-order valence-corrected chi connectivity index (χ0v) is 16.3. The lowest BCUT2D eigenvalue weighted by Crippen LogP contribution is -2.41. The van der Waals surface area contributed by atoms with E-state index in [2.05, 4.69) is 31.2 Å². The highest BCUT2D eigenvalue weighted by Crippen LogP contribution is 2.34. The van der Waals surface area contributed by atoms with E-state index in [1.807, 2.05) is 12.3 Å². The van der Waals surface area contributed by atoms with Crippen molar-refractivity contribution in [3.8, 4) is 6.07 Å². The average molecular weight is 391 g/mol. The van der Waals surface area contributed by atoms with Crippen molar-refractivity contribution < 1.29 is 4.79 Å². The van der Waals surface area contributed by atoms with E-state index in [1.165, 1.54) is 0 Å². The summed E-state index contributed by atoms with van der Waals surface area (Å²) in [6.07, 6.45) is 8.17. The van der Waals surface area contributed by atoms with Crippen LogP contribution >= 0.6 is 0 Å². The van der Waals surface area contributed by atoms with Crippen molar-refractivity contribution in [3.63, 3.8) is 0 Å². The van der Waals surface area contributed by atoms with E-state index < -0.39 is 0 Å². The van der Waals surface area contributed by atoms with Gasteiger partial charge in [-0.1, -0.05) is 0 Å². The first-order valence-electron chi connectivity index (χ1n) is 10.4. The van der Waals surface area contributed by atoms with Gasteiger partial charge in [0, 0.05) is 30.5 Å². The second-order valence-electron chi connectivity index (χ2n) is 8.23. The van der Waals surface area contributed by atoms with Crippen molar-refractivity contribution in [3.05, 3.63) is 24.3 Å². The van der Waals surface area contributed by atoms with E-state index in [1.54, 1.807) is 6.20 Å². The fourth-order valence-corrected chi connectivity index (χ4v) is 4.38. The number of likely N-dealkylation sites (tertiary alicyclic amines) is 1. The number of imidazole rings is 1. The number of hydrogen-bond donors (Lipinski definition) is 3. The standard InChI is InChI=1S/C21H25N7O/c22-7-1-9-28-10-5-13(6-11-28)17(27-21(29)14-2-3-14)20-25-16-12-24-19-15(4-8-23-19)18(16)26-20/h4,8,12-14,17H,1-3,5-6,9-11H2,(H,23,24)(H,25,26)(H,27,29). The topological polar surface area (TPSA) is 113 Å². The van der Waals surface area contributed by atoms with Gasteiger partial charge < -0.3 is 20.2 Å². The Labute approximate surface area is 168 Å². The Morgan fingerprint density at radius 3 is 2.93 bits per heavy atom. The van der Waals surface area contributed by atoms with E-state index in [9.17, 15) is 4.79 Å². The molecule has 0 radical (unpaired) electrons. The molecule has 3 aromatic heterocycles. The van der Waals surface area contributed by atoms with Gasteiger partial charge in [0.15, 0.2) is 0 Å². The smallest absolute Gasteiger partial charge is 0.223 e. The molecule has 1 saturated heterocycles. The number of carbonyl (C=O) groups is 1. The Morgan fingerprint density at radius 2 is 2.17 bits per heavy atom. The number of H-pyrrole nitrogens is 2. The highest BCUT2D eigenvalue weighted by molar-refractivity contribution is 6.00. The van der Waals surface area contributed by atoms with Crippen LogP contribution < -0.4 is 5.32 Å². The van der Waals surface area contributed by atoms with Crippen molar-refractivity contribution in [2.24, 2.45) is 11.8 Å². The third kappa shape index (κ3) is 3.58. The molecule has 1 amide bonds. The molecule has 29 heavy (non-hydrogen) atoms. The summed E-state index contributed by atoms with van der Waals surface area (Å²) < 4.78 is 0. The minimum absolute atomic E-state index is 0.123. The van der Waals surface area contributed by atoms with Crippen LogP contribution in [0.2, 0.25) is 0 Å². The number of aromatic nitrogens is 4. The van der Waals surface area contributed by atoms with Crippen LogP contribution in [0.3, 0.4) is 0 Å². The van der Waals surface area contributed by atoms with Gasteiger partial charge in [-0.2, -0.15) is 5.26 Å². The van der Waals surface area contributed by atoms with Crippen molar-refractivity contribution >= 4 is 28.0 Å². The van der Waals surface area contributed by atoms with Gasteiger partial charge in [-0.05, 0) is 50.8 Å². The van der Waals surface area contributed by atoms with Gasteiger partial charge in [-0.15, -0.1) is 0 Å². The lowest BCUT2D eigenvalue weighted by Gasteiger charge is -2.35. The predicted molar refractivity (Wildman–Crippen MR) is 109 cm³/mol. The van der Waals surface area contributed by atoms with Gasteiger partial charge in [-0.25, -0.2) is 9.97 Å². The van der Waals surface area contributed by atoms with Crippen LogP contribution in [-0.2, 0) is 4.79 Å². The van der Waals surface area contributed by atoms with E-state index in [0.717, 1.165) is 73.2 Å². The molecule has 2 fully saturated rings. The summed E-state index contributed by atoms with van der Waals surface area (Å²) in [4.78, 5) is 30.8. The van der Waals surface area contributed by atoms with Gasteiger partial charge in [0.05, 0.1) is 23.8 Å². The summed E-state index contributed by atoms with van der Waals surface area (Å²) in [5, 5.41) is 13.1. The quantitative estimate of drug-likeness (QED) is 0.598. The van der Waals surface area contributed by atoms with Gasteiger partial charge >= 0.3 is 0 Å². The Morgan fingerprint density at radius 1 is 1.34 bits per heavy atom. The maximum Gasteiger partial charge on any atom is 0.223 e. The molecule has 150 valence electrons. The zero-order valence-electron chi connectivity index (χ0n) is 16.3. The van der Waals surface area contributed by atoms with Crippen LogP contribution in [-0.4, -0.2) is 50.4 Å². The third-order valence-electron chi connectivity index (χ3n) is 6.24. The summed E-state index contributed by atoms with van der Waals surface area (Å²) in [7, 11) is 0. The molecule has 5 rings (SSSR count). The number of aromatic amines is 2. The van der Waals surface area contributed by atoms with Crippen molar-refractivity contribution in [2.45, 2.75) is 38.1 Å². The number of hydrogen-bond acceptors (Lipinski definition) is 5. The molecule has 1 atom stereocenters. The Kier molecular flexibility index (Phi) is 4.68. The summed E-state index contributed by atoms with van der Waals surface area (Å²) in [5.41, 5.74) is 2.60. The molecule has 0 aromatic carbocycles. The SMILES string of the molecule is N#CCCN1CCC(C(NC(=O)C2CC2)c2nc3c(cnc4[nH]ccc43)[nH]2)CC1. The molecule has 1 unspecified atom stereocenters. The molecule has 1 saturated carbocycles. The van der Waals surface area contributed by atoms with Crippen molar-refractivity contribution in [1.82, 2.24) is 30.2 Å². The Bertz CT molecular complexity index is 1070. The van der Waals surface area contributed by atoms with E-state index >= 15 is 0 Å². The molecule has 4 heterocycles. The van der Waals surface area contributed by atoms with Gasteiger partial charge in [0.2, 0.25) is 5.91 Å². The number of piperidine rings is 1. The van der Waals surface area contributed by atoms with Crippen LogP contribution in [0.1, 0.15) is 44.0 Å². The van der Waals surface area contributed by atoms with Crippen LogP contribution in [0, 0.1) is 23.2 Å². The molecule has 1 aliphatic heterocycles. The van der Waals surface area contributed by atoms with E-state index in [4.69, 9.17) is 10.2 Å². The maximum atomic E-state index is 12.6. The van der Waals surface area contributed by atoms with Crippen molar-refractivity contribution in [1.29, 1.82) is 5.26 Å². The predicted octanol–water partition coefficient (Wildman–Crippen LogP) is 2.63. The number of carbonyl (C=O) groups excluding carboxylic acids is 1. The summed E-state index contributed by atoms with van der Waals surface area (Å²) in [6, 6.07) is 4.09. The minimum atomic E-state index is -0.123. The molecule has 0 spiro atoms. The number of nitriles is 1. The van der Waals surface area contributed by atoms with Crippen LogP contribution in [0.5, 0.6) is 0 Å².